The van der Waals surface area contributed by atoms with E-state index in [4.69, 9.17) is 9.72 Å². The van der Waals surface area contributed by atoms with Crippen molar-refractivity contribution in [2.45, 2.75) is 102 Å². The number of piperidine rings is 1. The average Bonchev–Trinajstić information content (AvgIpc) is 3.73. The quantitative estimate of drug-likeness (QED) is 0.482. The average molecular weight is 602 g/mol. The molecule has 3 fully saturated rings. The van der Waals surface area contributed by atoms with Crippen LogP contribution in [0.25, 0.3) is 0 Å². The van der Waals surface area contributed by atoms with E-state index in [1.54, 1.807) is 11.1 Å². The molecule has 1 aromatic heterocycles. The summed E-state index contributed by atoms with van der Waals surface area (Å²) in [5.41, 5.74) is 2.67. The zero-order valence-electron chi connectivity index (χ0n) is 26.9. The van der Waals surface area contributed by atoms with Crippen LogP contribution in [0.1, 0.15) is 88.1 Å². The van der Waals surface area contributed by atoms with Crippen molar-refractivity contribution in [3.8, 4) is 5.75 Å². The Balaban J connectivity index is 1.16. The first-order valence-electron chi connectivity index (χ1n) is 16.7. The third kappa shape index (κ3) is 5.18. The molecule has 2 saturated carbocycles. The number of hydrogen-bond acceptors (Lipinski definition) is 8. The molecule has 0 spiro atoms. The van der Waals surface area contributed by atoms with Crippen molar-refractivity contribution in [2.75, 3.05) is 42.3 Å². The monoisotopic (exact) mass is 601 g/mol. The number of ether oxygens (including phenoxy) is 1. The molecule has 3 aliphatic heterocycles. The first-order valence-corrected chi connectivity index (χ1v) is 16.7. The van der Waals surface area contributed by atoms with E-state index in [2.05, 4.69) is 53.2 Å². The fraction of sp³-hybridized carbons (Fsp3) is 0.647. The minimum absolute atomic E-state index is 0.0124. The fourth-order valence-corrected chi connectivity index (χ4v) is 8.58. The van der Waals surface area contributed by atoms with Gasteiger partial charge in [-0.15, -0.1) is 0 Å². The highest BCUT2D eigenvalue weighted by molar-refractivity contribution is 6.04. The van der Waals surface area contributed by atoms with Gasteiger partial charge in [0.2, 0.25) is 11.9 Å². The van der Waals surface area contributed by atoms with Crippen LogP contribution in [-0.4, -0.2) is 77.6 Å². The fourth-order valence-electron chi connectivity index (χ4n) is 8.58. The van der Waals surface area contributed by atoms with Gasteiger partial charge in [-0.05, 0) is 89.9 Å². The molecule has 4 heterocycles. The maximum atomic E-state index is 13.7. The van der Waals surface area contributed by atoms with Gasteiger partial charge in [0.15, 0.2) is 5.82 Å². The zero-order valence-corrected chi connectivity index (χ0v) is 26.9. The molecular weight excluding hydrogens is 554 g/mol. The summed E-state index contributed by atoms with van der Waals surface area (Å²) < 4.78 is 6.46. The Morgan fingerprint density at radius 2 is 1.89 bits per heavy atom. The molecule has 2 aliphatic carbocycles. The van der Waals surface area contributed by atoms with Crippen LogP contribution in [-0.2, 0) is 11.2 Å². The number of fused-ring (bicyclic) bond motifs is 3. The topological polar surface area (TPSA) is 103 Å². The number of carbonyl (C=O) groups is 2. The molecule has 44 heavy (non-hydrogen) atoms. The molecule has 5 aliphatic rings. The Morgan fingerprint density at radius 3 is 2.66 bits per heavy atom. The molecule has 2 amide bonds. The van der Waals surface area contributed by atoms with Gasteiger partial charge in [0, 0.05) is 43.2 Å². The molecular formula is C34H47N7O3. The lowest BCUT2D eigenvalue weighted by atomic mass is 9.89. The molecule has 1 aromatic carbocycles. The summed E-state index contributed by atoms with van der Waals surface area (Å²) >= 11 is 0. The van der Waals surface area contributed by atoms with E-state index in [0.717, 1.165) is 67.9 Å². The molecule has 10 heteroatoms. The number of carbonyl (C=O) groups excluding carboxylic acids is 2. The maximum absolute atomic E-state index is 13.7. The molecule has 10 nitrogen and oxygen atoms in total. The first kappa shape index (κ1) is 29.3. The van der Waals surface area contributed by atoms with Crippen molar-refractivity contribution >= 4 is 35.0 Å². The van der Waals surface area contributed by atoms with Crippen LogP contribution in [0.5, 0.6) is 5.75 Å². The van der Waals surface area contributed by atoms with E-state index in [-0.39, 0.29) is 23.9 Å². The number of hydrogen-bond donors (Lipinski definition) is 2. The summed E-state index contributed by atoms with van der Waals surface area (Å²) in [4.78, 5) is 43.0. The number of nitrogens with one attached hydrogen (secondary N) is 2. The smallest absolute Gasteiger partial charge is 0.251 e. The highest BCUT2D eigenvalue weighted by Gasteiger charge is 2.42. The van der Waals surface area contributed by atoms with Gasteiger partial charge in [0.25, 0.3) is 5.91 Å². The number of likely N-dealkylation sites (N-methyl/N-ethyl adjacent to an activating group) is 1. The van der Waals surface area contributed by atoms with Gasteiger partial charge in [-0.2, -0.15) is 4.98 Å². The number of benzene rings is 1. The summed E-state index contributed by atoms with van der Waals surface area (Å²) in [6.07, 6.45) is 11.0. The Bertz CT molecular complexity index is 1450. The maximum Gasteiger partial charge on any atom is 0.251 e. The van der Waals surface area contributed by atoms with Crippen LogP contribution >= 0.6 is 0 Å². The molecule has 0 radical (unpaired) electrons. The normalized spacial score (nSPS) is 28.0. The zero-order chi connectivity index (χ0) is 30.7. The number of nitrogens with zero attached hydrogens (tertiary/aromatic N) is 5. The minimum atomic E-state index is -0.435. The Labute approximate surface area is 260 Å². The summed E-state index contributed by atoms with van der Waals surface area (Å²) in [6.45, 7) is 8.47. The summed E-state index contributed by atoms with van der Waals surface area (Å²) in [5.74, 6) is 3.42. The number of anilines is 4. The summed E-state index contributed by atoms with van der Waals surface area (Å²) in [5, 5.41) is 6.81. The van der Waals surface area contributed by atoms with Crippen molar-refractivity contribution < 1.29 is 14.3 Å². The van der Waals surface area contributed by atoms with Crippen molar-refractivity contribution in [3.63, 3.8) is 0 Å². The number of rotatable bonds is 6. The SMILES string of the molecule is CC[C@@H]1C(=O)N(C)c2cnc(Nc3ccc(C(=O)NC4C[C@@H]5CCN(C)C[C@@H]5C4)c4c3OC(C)(C)C4)nc2N1C1CCCC1. The predicted octanol–water partition coefficient (Wildman–Crippen LogP) is 4.90. The van der Waals surface area contributed by atoms with Crippen LogP contribution in [0, 0.1) is 11.8 Å². The highest BCUT2D eigenvalue weighted by atomic mass is 16.5. The van der Waals surface area contributed by atoms with Gasteiger partial charge in [0.1, 0.15) is 23.1 Å². The molecule has 1 unspecified atom stereocenters. The second-order valence-corrected chi connectivity index (χ2v) is 14.4. The van der Waals surface area contributed by atoms with Crippen LogP contribution in [0.4, 0.5) is 23.1 Å². The van der Waals surface area contributed by atoms with Crippen molar-refractivity contribution in [2.24, 2.45) is 11.8 Å². The molecule has 2 N–H and O–H groups in total. The van der Waals surface area contributed by atoms with Crippen LogP contribution < -0.4 is 25.2 Å². The van der Waals surface area contributed by atoms with E-state index < -0.39 is 5.60 Å². The lowest BCUT2D eigenvalue weighted by Crippen LogP contribution is -2.55. The van der Waals surface area contributed by atoms with Crippen LogP contribution in [0.15, 0.2) is 18.3 Å². The van der Waals surface area contributed by atoms with Gasteiger partial charge in [-0.25, -0.2) is 4.98 Å². The highest BCUT2D eigenvalue weighted by Crippen LogP contribution is 2.45. The first-order chi connectivity index (χ1) is 21.1. The third-order valence-electron chi connectivity index (χ3n) is 10.7. The van der Waals surface area contributed by atoms with Gasteiger partial charge in [-0.3, -0.25) is 9.59 Å². The molecule has 7 rings (SSSR count). The van der Waals surface area contributed by atoms with E-state index in [1.165, 1.54) is 19.3 Å². The van der Waals surface area contributed by atoms with E-state index >= 15 is 0 Å². The second-order valence-electron chi connectivity index (χ2n) is 14.4. The van der Waals surface area contributed by atoms with Gasteiger partial charge >= 0.3 is 0 Å². The third-order valence-corrected chi connectivity index (χ3v) is 10.7. The van der Waals surface area contributed by atoms with Crippen molar-refractivity contribution in [3.05, 3.63) is 29.5 Å². The van der Waals surface area contributed by atoms with Gasteiger partial charge in [-0.1, -0.05) is 19.8 Å². The minimum Gasteiger partial charge on any atom is -0.485 e. The second kappa shape index (κ2) is 11.2. The lowest BCUT2D eigenvalue weighted by molar-refractivity contribution is -0.120. The molecule has 4 atom stereocenters. The van der Waals surface area contributed by atoms with Crippen LogP contribution in [0.3, 0.4) is 0 Å². The van der Waals surface area contributed by atoms with Gasteiger partial charge in [0.05, 0.1) is 11.9 Å². The summed E-state index contributed by atoms with van der Waals surface area (Å²) in [7, 11) is 4.02. The number of amides is 2. The van der Waals surface area contributed by atoms with E-state index in [9.17, 15) is 9.59 Å². The summed E-state index contributed by atoms with van der Waals surface area (Å²) in [6, 6.07) is 4.13. The standard InChI is InChI=1S/C34H47N7O3/c1-6-27-32(43)40(5)28-18-35-33(38-30(28)41(27)23-9-7-8-10-23)37-26-12-11-24(25-17-34(2,3)44-29(25)26)31(42)36-22-15-20-13-14-39(4)19-21(20)16-22/h11-12,18,20-23,27H,6-10,13-17,19H2,1-5H3,(H,36,42)(H,35,37,38)/t20-,21-,22?,27+/m0/s1. The Hall–Kier alpha value is -3.40. The Kier molecular flexibility index (Phi) is 7.46. The van der Waals surface area contributed by atoms with E-state index in [1.807, 2.05) is 19.2 Å². The molecule has 236 valence electrons. The number of likely N-dealkylation sites (tertiary alicyclic amines) is 1. The van der Waals surface area contributed by atoms with Crippen LogP contribution in [0.2, 0.25) is 0 Å². The predicted molar refractivity (Wildman–Crippen MR) is 172 cm³/mol. The molecule has 0 bridgehead atoms. The van der Waals surface area contributed by atoms with E-state index in [0.29, 0.717) is 41.6 Å². The Morgan fingerprint density at radius 1 is 1.11 bits per heavy atom. The lowest BCUT2D eigenvalue weighted by Gasteiger charge is -2.43. The largest absolute Gasteiger partial charge is 0.485 e. The number of aromatic nitrogens is 2. The van der Waals surface area contributed by atoms with Crippen molar-refractivity contribution in [1.29, 1.82) is 0 Å². The molecule has 1 saturated heterocycles. The van der Waals surface area contributed by atoms with Crippen molar-refractivity contribution in [1.82, 2.24) is 20.2 Å². The van der Waals surface area contributed by atoms with Gasteiger partial charge < -0.3 is 30.1 Å². The molecule has 2 aromatic rings.